The number of hydrogen-bond donors (Lipinski definition) is 1. The summed E-state index contributed by atoms with van der Waals surface area (Å²) in [4.78, 5) is 0. The molecule has 0 aliphatic heterocycles. The van der Waals surface area contributed by atoms with Crippen LogP contribution in [-0.4, -0.2) is 151 Å². The first-order valence-electron chi connectivity index (χ1n) is 20.3. The van der Waals surface area contributed by atoms with Crippen LogP contribution >= 0.6 is 0 Å². The zero-order chi connectivity index (χ0) is 70.9. The molecule has 0 bridgehead atoms. The molecule has 0 fully saturated rings. The van der Waals surface area contributed by atoms with Crippen LogP contribution in [0.2, 0.25) is 18.1 Å². The van der Waals surface area contributed by atoms with Gasteiger partial charge in [-0.25, -0.2) is 0 Å². The van der Waals surface area contributed by atoms with E-state index in [-0.39, 0.29) is 0 Å². The molecule has 1 nitrogen and oxygen atoms in total. The molecular weight excluding hydrogens is 1410 g/mol. The van der Waals surface area contributed by atoms with E-state index in [0.717, 1.165) is 0 Å². The van der Waals surface area contributed by atoms with Gasteiger partial charge in [0.05, 0.1) is 0 Å². The topological polar surface area (TPSA) is 26.0 Å². The van der Waals surface area contributed by atoms with Crippen molar-refractivity contribution in [3.05, 3.63) is 0 Å². The van der Waals surface area contributed by atoms with Gasteiger partial charge in [0.15, 0.2) is 0 Å². The maximum atomic E-state index is 14.6. The molecule has 0 atom stereocenters. The predicted molar refractivity (Wildman–Crippen MR) is 174 cm³/mol. The summed E-state index contributed by atoms with van der Waals surface area (Å²) in [6.07, 6.45) is -45.3. The second-order valence-electron chi connectivity index (χ2n) is 17.9. The first kappa shape index (κ1) is 82.6. The average Bonchev–Trinajstić information content (AvgIpc) is 3.26. The Hall–Kier alpha value is -3.39. The Bertz CT molecular complexity index is 2060. The monoisotopic (exact) mass is 1430 g/mol. The minimum Gasteiger partial charge on any atom is -0.351 e. The van der Waals surface area contributed by atoms with Crippen LogP contribution in [0, 0.1) is 0 Å². The molecule has 0 radical (unpaired) electrons. The molecule has 0 saturated carbocycles. The zero-order valence-electron chi connectivity index (χ0n) is 38.7. The van der Waals surface area contributed by atoms with Gasteiger partial charge >= 0.3 is 143 Å². The van der Waals surface area contributed by atoms with Gasteiger partial charge in [-0.2, -0.15) is 224 Å². The van der Waals surface area contributed by atoms with E-state index in [4.69, 9.17) is 5.40 Å². The first-order chi connectivity index (χ1) is 36.4. The van der Waals surface area contributed by atoms with E-state index in [0.29, 0.717) is 0 Å². The standard InChI is InChI=1S/C33H20F51NSi/c34-10(35,13(40,41)16(46,47)19(52,53)22(58,59)25(64,65)28(70,71)31(76,77)78)4-1-7-86(85,8-2-5-11(36,37)14(42,43)17(48,49)20(54,55)23(60,61)26(66,67)29(72,73)32(79,80)81)9-3-6-12(38,39)15(44,45)18(50,51)21(56,57)24(62,63)27(68,69)30(74,75)33(82,83)84/h1-9,85H2. The molecule has 0 aliphatic carbocycles. The Kier molecular flexibility index (Phi) is 21.0. The Morgan fingerprint density at radius 1 is 0.163 bits per heavy atom. The number of rotatable bonds is 30. The van der Waals surface area contributed by atoms with Gasteiger partial charge in [-0.05, 0) is 37.4 Å². The van der Waals surface area contributed by atoms with Crippen molar-refractivity contribution in [3.63, 3.8) is 0 Å². The molecule has 0 spiro atoms. The van der Waals surface area contributed by atoms with E-state index >= 15 is 0 Å². The van der Waals surface area contributed by atoms with Gasteiger partial charge in [-0.15, -0.1) is 0 Å². The van der Waals surface area contributed by atoms with Crippen LogP contribution in [0.3, 0.4) is 0 Å². The first-order valence-corrected chi connectivity index (χ1v) is 23.0. The van der Waals surface area contributed by atoms with Crippen molar-refractivity contribution in [3.8, 4) is 0 Å². The molecule has 518 valence electrons. The van der Waals surface area contributed by atoms with E-state index in [1.54, 1.807) is 0 Å². The summed E-state index contributed by atoms with van der Waals surface area (Å²) in [6.45, 7) is 0. The Balaban J connectivity index is 7.80. The highest BCUT2D eigenvalue weighted by molar-refractivity contribution is 6.76. The Morgan fingerprint density at radius 2 is 0.267 bits per heavy atom. The fourth-order valence-corrected chi connectivity index (χ4v) is 9.82. The minimum atomic E-state index is -9.39. The Morgan fingerprint density at radius 3 is 0.384 bits per heavy atom. The second kappa shape index (κ2) is 21.9. The van der Waals surface area contributed by atoms with Crippen LogP contribution in [0.25, 0.3) is 0 Å². The lowest BCUT2D eigenvalue weighted by atomic mass is 9.88. The quantitative estimate of drug-likeness (QED) is 0.0563. The molecule has 0 unspecified atom stereocenters. The summed E-state index contributed by atoms with van der Waals surface area (Å²) in [6, 6.07) is -7.87. The lowest BCUT2D eigenvalue weighted by molar-refractivity contribution is -0.461. The van der Waals surface area contributed by atoms with E-state index in [1.165, 1.54) is 0 Å². The van der Waals surface area contributed by atoms with E-state index in [1.807, 2.05) is 0 Å². The van der Waals surface area contributed by atoms with E-state index in [2.05, 4.69) is 0 Å². The smallest absolute Gasteiger partial charge is 0.351 e. The van der Waals surface area contributed by atoms with Gasteiger partial charge in [0.1, 0.15) is 8.24 Å². The summed E-state index contributed by atoms with van der Waals surface area (Å²) in [5, 5.41) is 5.22. The fourth-order valence-electron chi connectivity index (χ4n) is 6.42. The number of halogens is 51. The maximum absolute atomic E-state index is 14.6. The fraction of sp³-hybridized carbons (Fsp3) is 1.00. The summed E-state index contributed by atoms with van der Waals surface area (Å²) < 4.78 is 697. The van der Waals surface area contributed by atoms with Crippen molar-refractivity contribution in [2.45, 2.75) is 200 Å². The van der Waals surface area contributed by atoms with Gasteiger partial charge in [-0.1, -0.05) is 0 Å². The molecule has 0 aliphatic rings. The third kappa shape index (κ3) is 11.6. The van der Waals surface area contributed by atoms with Crippen molar-refractivity contribution < 1.29 is 224 Å². The van der Waals surface area contributed by atoms with Gasteiger partial charge in [0.25, 0.3) is 0 Å². The molecule has 0 aromatic rings. The number of hydrogen-bond acceptors (Lipinski definition) is 1. The molecule has 0 aromatic heterocycles. The lowest BCUT2D eigenvalue weighted by Gasteiger charge is -2.43. The average molecular weight is 1430 g/mol. The highest BCUT2D eigenvalue weighted by Gasteiger charge is 2.98. The van der Waals surface area contributed by atoms with Gasteiger partial charge in [0.2, 0.25) is 0 Å². The van der Waals surface area contributed by atoms with Crippen molar-refractivity contribution in [1.82, 2.24) is 0 Å². The SMILES string of the molecule is N[Si](CCCC(F)(F)C(F)(F)C(F)(F)C(F)(F)C(F)(F)C(F)(F)C(F)(F)C(F)(F)F)(CCCC(F)(F)C(F)(F)C(F)(F)C(F)(F)C(F)(F)C(F)(F)C(F)(F)C(F)(F)F)CCCC(F)(F)C(F)(F)C(F)(F)C(F)(F)C(F)(F)C(F)(F)C(F)(F)C(F)(F)F. The molecule has 86 heavy (non-hydrogen) atoms. The van der Waals surface area contributed by atoms with Crippen molar-refractivity contribution >= 4 is 8.24 Å². The van der Waals surface area contributed by atoms with Crippen molar-refractivity contribution in [2.75, 3.05) is 0 Å². The van der Waals surface area contributed by atoms with E-state index < -0.39 is 208 Å². The highest BCUT2D eigenvalue weighted by atomic mass is 28.3. The molecular formula is C33H20F51NSi. The summed E-state index contributed by atoms with van der Waals surface area (Å²) in [5.41, 5.74) is 0. The van der Waals surface area contributed by atoms with Crippen molar-refractivity contribution in [1.29, 1.82) is 0 Å². The summed E-state index contributed by atoms with van der Waals surface area (Å²) in [7, 11) is -6.22. The number of nitrogens with two attached hydrogens (primary N) is 1. The largest absolute Gasteiger partial charge is 0.460 e. The van der Waals surface area contributed by atoms with Crippen LogP contribution in [0.4, 0.5) is 224 Å². The van der Waals surface area contributed by atoms with Crippen LogP contribution in [0.15, 0.2) is 0 Å². The molecule has 0 heterocycles. The van der Waals surface area contributed by atoms with Gasteiger partial charge < -0.3 is 5.40 Å². The Labute approximate surface area is 438 Å². The maximum Gasteiger partial charge on any atom is 0.460 e. The lowest BCUT2D eigenvalue weighted by Crippen LogP contribution is -2.74. The molecule has 0 amide bonds. The third-order valence-electron chi connectivity index (χ3n) is 11.9. The van der Waals surface area contributed by atoms with Gasteiger partial charge in [-0.3, -0.25) is 0 Å². The number of alkyl halides is 51. The third-order valence-corrected chi connectivity index (χ3v) is 15.9. The van der Waals surface area contributed by atoms with Crippen LogP contribution < -0.4 is 5.40 Å². The normalized spacial score (nSPS) is 17.0. The molecule has 0 aromatic carbocycles. The van der Waals surface area contributed by atoms with Gasteiger partial charge in [0, 0.05) is 19.3 Å². The minimum absolute atomic E-state index is 2.62. The molecule has 2 N–H and O–H groups in total. The summed E-state index contributed by atoms with van der Waals surface area (Å²) in [5.74, 6) is -187. The van der Waals surface area contributed by atoms with Crippen LogP contribution in [0.1, 0.15) is 38.5 Å². The predicted octanol–water partition coefficient (Wildman–Crippen LogP) is 19.3. The van der Waals surface area contributed by atoms with Crippen molar-refractivity contribution in [2.24, 2.45) is 5.40 Å². The molecule has 0 rings (SSSR count). The summed E-state index contributed by atoms with van der Waals surface area (Å²) >= 11 is 0. The molecule has 53 heteroatoms. The van der Waals surface area contributed by atoms with Crippen LogP contribution in [0.5, 0.6) is 0 Å². The van der Waals surface area contributed by atoms with Crippen LogP contribution in [-0.2, 0) is 0 Å². The van der Waals surface area contributed by atoms with E-state index in [9.17, 15) is 224 Å². The molecule has 0 saturated heterocycles. The zero-order valence-corrected chi connectivity index (χ0v) is 39.7. The highest BCUT2D eigenvalue weighted by Crippen LogP contribution is 2.68. The second-order valence-corrected chi connectivity index (χ2v) is 22.1.